The summed E-state index contributed by atoms with van der Waals surface area (Å²) < 4.78 is 12.0. The van der Waals surface area contributed by atoms with Crippen LogP contribution in [0.3, 0.4) is 0 Å². The van der Waals surface area contributed by atoms with Gasteiger partial charge in [-0.3, -0.25) is 0 Å². The van der Waals surface area contributed by atoms with Gasteiger partial charge in [-0.15, -0.1) is 0 Å². The summed E-state index contributed by atoms with van der Waals surface area (Å²) in [5.41, 5.74) is 17.3. The third-order valence-corrected chi connectivity index (χ3v) is 43.0. The van der Waals surface area contributed by atoms with Gasteiger partial charge in [0, 0.05) is 0 Å². The maximum absolute atomic E-state index is 4.65. The van der Waals surface area contributed by atoms with Gasteiger partial charge < -0.3 is 0 Å². The standard InChI is InChI=1S/2C23H27.C4H8.3CH3.Hf/c2*1-22(2,3)18-13-17(14-19(15-18)23(4,5)6)21-12-8-10-16-9-7-11-20(16)21;1-3-4-2;;;;/h2*7-15H,1-6H3;1H,3-4H2,2H3;3*1H3;. The molecule has 0 heterocycles. The zero-order valence-corrected chi connectivity index (χ0v) is 40.5. The third kappa shape index (κ3) is 7.14. The Morgan fingerprint density at radius 2 is 0.833 bits per heavy atom. The molecule has 0 spiro atoms. The predicted octanol–water partition coefficient (Wildman–Crippen LogP) is 16.0. The molecule has 2 aliphatic carbocycles. The zero-order chi connectivity index (χ0) is 39.9. The van der Waals surface area contributed by atoms with Gasteiger partial charge in [-0.05, 0) is 0 Å². The second-order valence-electron chi connectivity index (χ2n) is 23.5. The first kappa shape index (κ1) is 40.8. The molecule has 0 bridgehead atoms. The third-order valence-electron chi connectivity index (χ3n) is 13.7. The van der Waals surface area contributed by atoms with Gasteiger partial charge in [0.15, 0.2) is 0 Å². The molecule has 0 radical (unpaired) electrons. The van der Waals surface area contributed by atoms with Gasteiger partial charge in [-0.2, -0.15) is 0 Å². The van der Waals surface area contributed by atoms with E-state index in [1.165, 1.54) is 73.2 Å². The molecule has 2 unspecified atom stereocenters. The van der Waals surface area contributed by atoms with E-state index in [1.807, 2.05) is 0 Å². The van der Waals surface area contributed by atoms with Crippen LogP contribution < -0.4 is 0 Å². The van der Waals surface area contributed by atoms with Gasteiger partial charge in [0.25, 0.3) is 0 Å². The molecular formula is C53H71Hf. The average Bonchev–Trinajstić information content (AvgIpc) is 3.72. The van der Waals surface area contributed by atoms with Crippen molar-refractivity contribution in [3.63, 3.8) is 0 Å². The summed E-state index contributed by atoms with van der Waals surface area (Å²) in [6.45, 7) is 30.5. The van der Waals surface area contributed by atoms with Crippen molar-refractivity contribution in [2.24, 2.45) is 0 Å². The molecule has 287 valence electrons. The molecule has 0 amide bonds. The fourth-order valence-corrected chi connectivity index (χ4v) is 35.8. The van der Waals surface area contributed by atoms with Crippen LogP contribution in [0, 0.1) is 0 Å². The molecule has 0 fully saturated rings. The van der Waals surface area contributed by atoms with E-state index >= 15 is 0 Å². The Morgan fingerprint density at radius 3 is 1.13 bits per heavy atom. The van der Waals surface area contributed by atoms with Crippen LogP contribution >= 0.6 is 0 Å². The van der Waals surface area contributed by atoms with E-state index in [0.717, 1.165) is 6.42 Å². The molecular weight excluding hydrogens is 815 g/mol. The minimum absolute atomic E-state index is 0.0703. The van der Waals surface area contributed by atoms with Crippen LogP contribution in [-0.2, 0) is 38.2 Å². The molecule has 54 heavy (non-hydrogen) atoms. The Balaban J connectivity index is 1.54. The molecule has 0 aliphatic heterocycles. The number of hydrogen-bond donors (Lipinski definition) is 0. The summed E-state index contributed by atoms with van der Waals surface area (Å²) in [5.74, 6) is 0. The monoisotopic (exact) mass is 888 g/mol. The van der Waals surface area contributed by atoms with Crippen molar-refractivity contribution in [1.82, 2.24) is 0 Å². The molecule has 0 saturated heterocycles. The van der Waals surface area contributed by atoms with Crippen LogP contribution in [0.5, 0.6) is 0 Å². The van der Waals surface area contributed by atoms with Crippen LogP contribution in [0.4, 0.5) is 0 Å². The second-order valence-corrected chi connectivity index (χ2v) is 62.5. The Bertz CT molecular complexity index is 2050. The number of rotatable bonds is 6. The molecule has 0 saturated carbocycles. The normalized spacial score (nSPS) is 18.7. The van der Waals surface area contributed by atoms with Crippen molar-refractivity contribution in [3.05, 3.63) is 129 Å². The number of unbranched alkanes of at least 4 members (excludes halogenated alkanes) is 1. The fourth-order valence-electron chi connectivity index (χ4n) is 9.76. The summed E-state index contributed by atoms with van der Waals surface area (Å²) >= 11 is -4.65. The van der Waals surface area contributed by atoms with Crippen LogP contribution in [0.25, 0.3) is 34.4 Å². The van der Waals surface area contributed by atoms with E-state index in [9.17, 15) is 0 Å². The summed E-state index contributed by atoms with van der Waals surface area (Å²) in [5, 5.41) is 0. The van der Waals surface area contributed by atoms with Crippen molar-refractivity contribution in [2.75, 3.05) is 0 Å². The van der Waals surface area contributed by atoms with Crippen LogP contribution in [0.1, 0.15) is 155 Å². The number of hydrogen-bond acceptors (Lipinski definition) is 0. The summed E-state index contributed by atoms with van der Waals surface area (Å²) in [4.78, 5) is 0. The first-order valence-electron chi connectivity index (χ1n) is 20.9. The molecule has 4 aromatic rings. The quantitative estimate of drug-likeness (QED) is 0.169. The van der Waals surface area contributed by atoms with Gasteiger partial charge in [0.1, 0.15) is 0 Å². The van der Waals surface area contributed by atoms with Crippen LogP contribution in [0.15, 0.2) is 84.9 Å². The van der Waals surface area contributed by atoms with E-state index in [2.05, 4.69) is 205 Å². The maximum atomic E-state index is 2.92. The summed E-state index contributed by atoms with van der Waals surface area (Å²) in [6, 6.07) is 29.2. The van der Waals surface area contributed by atoms with Crippen molar-refractivity contribution in [1.29, 1.82) is 0 Å². The molecule has 0 nitrogen and oxygen atoms in total. The van der Waals surface area contributed by atoms with Crippen LogP contribution in [0.2, 0.25) is 14.0 Å². The Hall–Kier alpha value is -2.90. The zero-order valence-electron chi connectivity index (χ0n) is 36.9. The van der Waals surface area contributed by atoms with Gasteiger partial charge in [0.2, 0.25) is 0 Å². The SMILES string of the molecule is CCC[CH]=[Hf]([CH3])([CH3])([CH3])([CH]1C=Cc2c(-c3cc(C(C)(C)C)cc(C(C)(C)C)c3)cccc21)[CH]1C=Cc2c(-c3cc(C(C)(C)C)cc(C(C)(C)C)c3)cccc21. The van der Waals surface area contributed by atoms with Crippen molar-refractivity contribution in [2.45, 2.75) is 146 Å². The molecule has 0 aromatic heterocycles. The minimum atomic E-state index is -4.65. The van der Waals surface area contributed by atoms with E-state index < -0.39 is 16.5 Å². The van der Waals surface area contributed by atoms with Gasteiger partial charge >= 0.3 is 330 Å². The van der Waals surface area contributed by atoms with E-state index in [-0.39, 0.29) is 21.7 Å². The molecule has 0 N–H and O–H groups in total. The molecule has 4 aromatic carbocycles. The fraction of sp³-hybridized carbons (Fsp3) is 0.453. The molecule has 2 aliphatic rings. The van der Waals surface area contributed by atoms with Gasteiger partial charge in [0.05, 0.1) is 0 Å². The molecule has 6 rings (SSSR count). The molecule has 2 atom stereocenters. The van der Waals surface area contributed by atoms with E-state index in [0.29, 0.717) is 7.35 Å². The van der Waals surface area contributed by atoms with Crippen LogP contribution in [-0.4, -0.2) is 3.76 Å². The van der Waals surface area contributed by atoms with E-state index in [4.69, 9.17) is 0 Å². The first-order valence-corrected chi connectivity index (χ1v) is 37.9. The van der Waals surface area contributed by atoms with E-state index in [1.54, 1.807) is 0 Å². The molecule has 1 heteroatoms. The topological polar surface area (TPSA) is 0 Å². The average molecular weight is 887 g/mol. The Morgan fingerprint density at radius 1 is 0.500 bits per heavy atom. The number of benzene rings is 4. The second kappa shape index (κ2) is 12.8. The Kier molecular flexibility index (Phi) is 9.67. The predicted molar refractivity (Wildman–Crippen MR) is 241 cm³/mol. The summed E-state index contributed by atoms with van der Waals surface area (Å²) in [7, 11) is 0. The summed E-state index contributed by atoms with van der Waals surface area (Å²) in [6.07, 6.45) is 12.6. The van der Waals surface area contributed by atoms with Gasteiger partial charge in [-0.25, -0.2) is 0 Å². The first-order chi connectivity index (χ1) is 24.7. The van der Waals surface area contributed by atoms with Crippen molar-refractivity contribution >= 4 is 15.9 Å². The Labute approximate surface area is 328 Å². The van der Waals surface area contributed by atoms with Crippen molar-refractivity contribution in [3.8, 4) is 22.3 Å². The van der Waals surface area contributed by atoms with Crippen molar-refractivity contribution < 1.29 is 16.5 Å². The number of fused-ring (bicyclic) bond motifs is 2. The van der Waals surface area contributed by atoms with Gasteiger partial charge in [-0.1, -0.05) is 0 Å². The number of allylic oxidation sites excluding steroid dienone is 2.